The third kappa shape index (κ3) is 3.08. The van der Waals surface area contributed by atoms with Crippen molar-refractivity contribution in [1.29, 1.82) is 0 Å². The van der Waals surface area contributed by atoms with E-state index in [4.69, 9.17) is 5.73 Å². The zero-order valence-corrected chi connectivity index (χ0v) is 10.6. The van der Waals surface area contributed by atoms with Crippen molar-refractivity contribution in [2.24, 2.45) is 5.73 Å². The van der Waals surface area contributed by atoms with Crippen LogP contribution in [0.15, 0.2) is 41.3 Å². The fourth-order valence-electron chi connectivity index (χ4n) is 1.55. The summed E-state index contributed by atoms with van der Waals surface area (Å²) in [7, 11) is 0. The number of aromatic nitrogens is 2. The van der Waals surface area contributed by atoms with Crippen LogP contribution in [0.25, 0.3) is 0 Å². The van der Waals surface area contributed by atoms with Gasteiger partial charge in [-0.05, 0) is 30.2 Å². The molecule has 0 aliphatic heterocycles. The van der Waals surface area contributed by atoms with Gasteiger partial charge in [0.1, 0.15) is 12.1 Å². The number of benzene rings is 1. The van der Waals surface area contributed by atoms with Crippen molar-refractivity contribution in [3.8, 4) is 0 Å². The molecule has 0 aliphatic rings. The van der Waals surface area contributed by atoms with Crippen LogP contribution in [0.4, 0.5) is 4.39 Å². The predicted molar refractivity (Wildman–Crippen MR) is 66.8 cm³/mol. The van der Waals surface area contributed by atoms with Gasteiger partial charge in [0, 0.05) is 10.7 Å². The van der Waals surface area contributed by atoms with E-state index in [-0.39, 0.29) is 11.9 Å². The van der Waals surface area contributed by atoms with E-state index in [1.165, 1.54) is 12.4 Å². The summed E-state index contributed by atoms with van der Waals surface area (Å²) in [4.78, 5) is 7.87. The summed E-state index contributed by atoms with van der Waals surface area (Å²) in [6, 6.07) is 6.36. The van der Waals surface area contributed by atoms with Crippen molar-refractivity contribution >= 4 is 15.9 Å². The van der Waals surface area contributed by atoms with Crippen LogP contribution in [0, 0.1) is 5.82 Å². The van der Waals surface area contributed by atoms with E-state index in [9.17, 15) is 4.39 Å². The molecule has 0 saturated heterocycles. The van der Waals surface area contributed by atoms with Gasteiger partial charge in [-0.25, -0.2) is 14.4 Å². The molecule has 0 spiro atoms. The second-order valence-corrected chi connectivity index (χ2v) is 4.60. The first-order chi connectivity index (χ1) is 8.16. The predicted octanol–water partition coefficient (Wildman–Crippen LogP) is 2.62. The topological polar surface area (TPSA) is 51.8 Å². The second-order valence-electron chi connectivity index (χ2n) is 3.68. The van der Waals surface area contributed by atoms with Gasteiger partial charge in [-0.3, -0.25) is 0 Å². The quantitative estimate of drug-likeness (QED) is 0.947. The number of hydrogen-bond donors (Lipinski definition) is 1. The maximum Gasteiger partial charge on any atom is 0.127 e. The van der Waals surface area contributed by atoms with Gasteiger partial charge in [0.15, 0.2) is 0 Å². The van der Waals surface area contributed by atoms with E-state index in [2.05, 4.69) is 25.9 Å². The summed E-state index contributed by atoms with van der Waals surface area (Å²) < 4.78 is 14.3. The molecule has 2 rings (SSSR count). The lowest BCUT2D eigenvalue weighted by Gasteiger charge is -2.11. The van der Waals surface area contributed by atoms with Gasteiger partial charge in [-0.15, -0.1) is 0 Å². The third-order valence-corrected chi connectivity index (χ3v) is 2.93. The minimum Gasteiger partial charge on any atom is -0.322 e. The van der Waals surface area contributed by atoms with E-state index in [1.807, 2.05) is 0 Å². The zero-order valence-electron chi connectivity index (χ0n) is 8.98. The molecule has 2 N–H and O–H groups in total. The largest absolute Gasteiger partial charge is 0.322 e. The van der Waals surface area contributed by atoms with E-state index >= 15 is 0 Å². The van der Waals surface area contributed by atoms with Gasteiger partial charge in [0.05, 0.1) is 11.7 Å². The highest BCUT2D eigenvalue weighted by Crippen LogP contribution is 2.19. The molecular weight excluding hydrogens is 285 g/mol. The van der Waals surface area contributed by atoms with E-state index < -0.39 is 0 Å². The van der Waals surface area contributed by atoms with Gasteiger partial charge in [-0.1, -0.05) is 22.0 Å². The lowest BCUT2D eigenvalue weighted by atomic mass is 10.0. The Morgan fingerprint density at radius 3 is 2.82 bits per heavy atom. The Labute approximate surface area is 107 Å². The molecule has 88 valence electrons. The summed E-state index contributed by atoms with van der Waals surface area (Å²) in [6.07, 6.45) is 3.48. The Morgan fingerprint density at radius 2 is 2.18 bits per heavy atom. The Hall–Kier alpha value is -1.33. The maximum atomic E-state index is 13.6. The van der Waals surface area contributed by atoms with E-state index in [0.717, 1.165) is 0 Å². The highest BCUT2D eigenvalue weighted by Gasteiger charge is 2.11. The first kappa shape index (κ1) is 12.1. The molecule has 1 atom stereocenters. The van der Waals surface area contributed by atoms with Crippen molar-refractivity contribution in [1.82, 2.24) is 9.97 Å². The van der Waals surface area contributed by atoms with E-state index in [0.29, 0.717) is 22.2 Å². The van der Waals surface area contributed by atoms with Gasteiger partial charge in [0.2, 0.25) is 0 Å². The highest BCUT2D eigenvalue weighted by molar-refractivity contribution is 9.10. The average Bonchev–Trinajstić information content (AvgIpc) is 2.34. The van der Waals surface area contributed by atoms with Gasteiger partial charge >= 0.3 is 0 Å². The molecule has 5 heteroatoms. The minimum atomic E-state index is -0.325. The van der Waals surface area contributed by atoms with Crippen LogP contribution in [-0.2, 0) is 6.42 Å². The highest BCUT2D eigenvalue weighted by atomic mass is 79.9. The molecule has 17 heavy (non-hydrogen) atoms. The molecule has 2 aromatic rings. The molecule has 3 nitrogen and oxygen atoms in total. The Bertz CT molecular complexity index is 504. The normalized spacial score (nSPS) is 12.4. The summed E-state index contributed by atoms with van der Waals surface area (Å²) in [5.41, 5.74) is 7.26. The molecule has 1 unspecified atom stereocenters. The Kier molecular flexibility index (Phi) is 3.81. The average molecular weight is 296 g/mol. The van der Waals surface area contributed by atoms with Crippen molar-refractivity contribution in [2.75, 3.05) is 0 Å². The fourth-order valence-corrected chi connectivity index (χ4v) is 1.88. The monoisotopic (exact) mass is 295 g/mol. The van der Waals surface area contributed by atoms with Crippen molar-refractivity contribution < 1.29 is 4.39 Å². The lowest BCUT2D eigenvalue weighted by molar-refractivity contribution is 0.588. The SMILES string of the molecule is NC(Cc1ccc(Br)cc1F)c1ccncn1. The maximum absolute atomic E-state index is 13.6. The number of nitrogens with two attached hydrogens (primary N) is 1. The van der Waals surface area contributed by atoms with Crippen molar-refractivity contribution in [3.63, 3.8) is 0 Å². The molecule has 0 aliphatic carbocycles. The summed E-state index contributed by atoms with van der Waals surface area (Å²) in [6.45, 7) is 0. The molecule has 0 radical (unpaired) electrons. The first-order valence-corrected chi connectivity index (χ1v) is 5.91. The molecule has 0 bridgehead atoms. The smallest absolute Gasteiger partial charge is 0.127 e. The number of rotatable bonds is 3. The molecule has 0 saturated carbocycles. The molecular formula is C12H11BrFN3. The molecule has 1 heterocycles. The second kappa shape index (κ2) is 5.33. The van der Waals surface area contributed by atoms with Crippen LogP contribution in [0.3, 0.4) is 0 Å². The molecule has 0 fully saturated rings. The standard InChI is InChI=1S/C12H11BrFN3/c13-9-2-1-8(10(14)6-9)5-11(15)12-3-4-16-7-17-12/h1-4,6-7,11H,5,15H2. The third-order valence-electron chi connectivity index (χ3n) is 2.44. The number of halogens is 2. The molecule has 0 amide bonds. The zero-order chi connectivity index (χ0) is 12.3. The van der Waals surface area contributed by atoms with E-state index in [1.54, 1.807) is 24.4 Å². The minimum absolute atomic E-state index is 0.260. The van der Waals surface area contributed by atoms with Crippen molar-refractivity contribution in [2.45, 2.75) is 12.5 Å². The van der Waals surface area contributed by atoms with Crippen LogP contribution in [-0.4, -0.2) is 9.97 Å². The van der Waals surface area contributed by atoms with Gasteiger partial charge in [-0.2, -0.15) is 0 Å². The number of nitrogens with zero attached hydrogens (tertiary/aromatic N) is 2. The Balaban J connectivity index is 2.16. The lowest BCUT2D eigenvalue weighted by Crippen LogP contribution is -2.15. The van der Waals surface area contributed by atoms with Crippen LogP contribution in [0.2, 0.25) is 0 Å². The Morgan fingerprint density at radius 1 is 1.35 bits per heavy atom. The molecule has 1 aromatic heterocycles. The molecule has 1 aromatic carbocycles. The van der Waals surface area contributed by atoms with Crippen molar-refractivity contribution in [3.05, 3.63) is 58.3 Å². The summed E-state index contributed by atoms with van der Waals surface area (Å²) in [5.74, 6) is -0.260. The van der Waals surface area contributed by atoms with Crippen LogP contribution in [0.5, 0.6) is 0 Å². The van der Waals surface area contributed by atoms with Crippen LogP contribution in [0.1, 0.15) is 17.3 Å². The fraction of sp³-hybridized carbons (Fsp3) is 0.167. The first-order valence-electron chi connectivity index (χ1n) is 5.12. The van der Waals surface area contributed by atoms with Gasteiger partial charge in [0.25, 0.3) is 0 Å². The van der Waals surface area contributed by atoms with Crippen LogP contribution >= 0.6 is 15.9 Å². The summed E-state index contributed by atoms with van der Waals surface area (Å²) >= 11 is 3.22. The van der Waals surface area contributed by atoms with Crippen LogP contribution < -0.4 is 5.73 Å². The number of hydrogen-bond acceptors (Lipinski definition) is 3. The van der Waals surface area contributed by atoms with Gasteiger partial charge < -0.3 is 5.73 Å². The summed E-state index contributed by atoms with van der Waals surface area (Å²) in [5, 5.41) is 0.